The molecule has 7 nitrogen and oxygen atoms in total. The number of hydrogen-bond acceptors (Lipinski definition) is 5. The molecule has 0 radical (unpaired) electrons. The minimum absolute atomic E-state index is 0.0871. The number of nitro groups is 1. The summed E-state index contributed by atoms with van der Waals surface area (Å²) < 4.78 is 6.13. The van der Waals surface area contributed by atoms with Crippen LogP contribution >= 0.6 is 15.9 Å². The molecule has 0 heterocycles. The van der Waals surface area contributed by atoms with Crippen LogP contribution in [0.1, 0.15) is 5.56 Å². The zero-order valence-corrected chi connectivity index (χ0v) is 13.4. The van der Waals surface area contributed by atoms with Crippen LogP contribution in [0.15, 0.2) is 58.1 Å². The second kappa shape index (κ2) is 8.04. The first-order valence-corrected chi connectivity index (χ1v) is 7.29. The van der Waals surface area contributed by atoms with Crippen LogP contribution in [0.3, 0.4) is 0 Å². The van der Waals surface area contributed by atoms with Gasteiger partial charge in [0, 0.05) is 10.5 Å². The first-order valence-electron chi connectivity index (χ1n) is 6.50. The molecule has 23 heavy (non-hydrogen) atoms. The van der Waals surface area contributed by atoms with Gasteiger partial charge < -0.3 is 4.74 Å². The highest BCUT2D eigenvalue weighted by atomic mass is 79.9. The van der Waals surface area contributed by atoms with Crippen molar-refractivity contribution in [1.29, 1.82) is 0 Å². The molecular formula is C15H12BrN3O4. The summed E-state index contributed by atoms with van der Waals surface area (Å²) in [5, 5.41) is 14.5. The number of nitrogens with one attached hydrogen (secondary N) is 1. The fourth-order valence-electron chi connectivity index (χ4n) is 1.67. The van der Waals surface area contributed by atoms with Gasteiger partial charge in [-0.15, -0.1) is 0 Å². The van der Waals surface area contributed by atoms with Gasteiger partial charge in [-0.2, -0.15) is 5.10 Å². The predicted octanol–water partition coefficient (Wildman–Crippen LogP) is 2.89. The van der Waals surface area contributed by atoms with Crippen molar-refractivity contribution in [3.05, 3.63) is 68.7 Å². The Balaban J connectivity index is 1.88. The van der Waals surface area contributed by atoms with Gasteiger partial charge in [0.05, 0.1) is 16.7 Å². The quantitative estimate of drug-likeness (QED) is 0.475. The largest absolute Gasteiger partial charge is 0.484 e. The van der Waals surface area contributed by atoms with E-state index in [4.69, 9.17) is 4.74 Å². The Bertz CT molecular complexity index is 749. The van der Waals surface area contributed by atoms with E-state index >= 15 is 0 Å². The summed E-state index contributed by atoms with van der Waals surface area (Å²) in [6.07, 6.45) is 1.22. The molecule has 0 saturated carbocycles. The van der Waals surface area contributed by atoms with Crippen molar-refractivity contribution in [1.82, 2.24) is 5.43 Å². The molecule has 0 saturated heterocycles. The van der Waals surface area contributed by atoms with Gasteiger partial charge in [0.25, 0.3) is 11.6 Å². The van der Waals surface area contributed by atoms with Crippen LogP contribution in [0.2, 0.25) is 0 Å². The highest BCUT2D eigenvalue weighted by Crippen LogP contribution is 2.17. The number of para-hydroxylation sites is 1. The minimum Gasteiger partial charge on any atom is -0.484 e. The molecule has 0 aliphatic carbocycles. The average molecular weight is 378 g/mol. The number of carbonyl (C=O) groups excluding carboxylic acids is 1. The van der Waals surface area contributed by atoms with E-state index < -0.39 is 10.8 Å². The van der Waals surface area contributed by atoms with Gasteiger partial charge in [-0.05, 0) is 24.3 Å². The number of ether oxygens (including phenoxy) is 1. The lowest BCUT2D eigenvalue weighted by Gasteiger charge is -2.05. The Hall–Kier alpha value is -2.74. The maximum atomic E-state index is 11.6. The van der Waals surface area contributed by atoms with E-state index in [9.17, 15) is 14.9 Å². The summed E-state index contributed by atoms with van der Waals surface area (Å²) in [4.78, 5) is 21.9. The number of hydrazone groups is 1. The number of benzene rings is 2. The van der Waals surface area contributed by atoms with Gasteiger partial charge >= 0.3 is 0 Å². The van der Waals surface area contributed by atoms with Crippen molar-refractivity contribution in [2.45, 2.75) is 0 Å². The van der Waals surface area contributed by atoms with E-state index in [0.717, 1.165) is 4.47 Å². The molecule has 1 amide bonds. The Labute approximate surface area is 140 Å². The summed E-state index contributed by atoms with van der Waals surface area (Å²) >= 11 is 3.30. The summed E-state index contributed by atoms with van der Waals surface area (Å²) in [6.45, 7) is -0.218. The molecule has 2 aromatic carbocycles. The van der Waals surface area contributed by atoms with Crippen molar-refractivity contribution >= 4 is 33.7 Å². The second-order valence-electron chi connectivity index (χ2n) is 4.36. The van der Waals surface area contributed by atoms with E-state index in [1.165, 1.54) is 18.3 Å². The van der Waals surface area contributed by atoms with E-state index in [0.29, 0.717) is 11.3 Å². The standard InChI is InChI=1S/C15H12BrN3O4/c16-12-5-3-6-13(8-12)23-10-15(20)18-17-9-11-4-1-2-7-14(11)19(21)22/h1-9H,10H2,(H,18,20). The van der Waals surface area contributed by atoms with Crippen molar-refractivity contribution in [2.75, 3.05) is 6.61 Å². The molecule has 118 valence electrons. The molecule has 0 spiro atoms. The van der Waals surface area contributed by atoms with Gasteiger partial charge in [-0.25, -0.2) is 5.43 Å². The Morgan fingerprint density at radius 3 is 2.83 bits per heavy atom. The molecule has 1 N–H and O–H groups in total. The van der Waals surface area contributed by atoms with Crippen LogP contribution in [0.5, 0.6) is 5.75 Å². The maximum Gasteiger partial charge on any atom is 0.278 e. The van der Waals surface area contributed by atoms with Crippen LogP contribution in [-0.2, 0) is 4.79 Å². The van der Waals surface area contributed by atoms with Crippen LogP contribution in [0, 0.1) is 10.1 Å². The lowest BCUT2D eigenvalue weighted by molar-refractivity contribution is -0.385. The molecule has 2 rings (SSSR count). The number of amides is 1. The van der Waals surface area contributed by atoms with Gasteiger partial charge in [0.2, 0.25) is 0 Å². The normalized spacial score (nSPS) is 10.5. The number of hydrogen-bond donors (Lipinski definition) is 1. The van der Waals surface area contributed by atoms with Gasteiger partial charge in [0.15, 0.2) is 6.61 Å². The molecule has 0 unspecified atom stereocenters. The van der Waals surface area contributed by atoms with Crippen molar-refractivity contribution in [2.24, 2.45) is 5.10 Å². The molecular weight excluding hydrogens is 366 g/mol. The van der Waals surface area contributed by atoms with E-state index in [1.807, 2.05) is 6.07 Å². The highest BCUT2D eigenvalue weighted by Gasteiger charge is 2.10. The van der Waals surface area contributed by atoms with Gasteiger partial charge in [0.1, 0.15) is 5.75 Å². The summed E-state index contributed by atoms with van der Waals surface area (Å²) in [5.41, 5.74) is 2.46. The molecule has 0 bridgehead atoms. The molecule has 0 aromatic heterocycles. The van der Waals surface area contributed by atoms with Crippen LogP contribution in [0.4, 0.5) is 5.69 Å². The minimum atomic E-state index is -0.514. The summed E-state index contributed by atoms with van der Waals surface area (Å²) in [5.74, 6) is 0.0667. The predicted molar refractivity (Wildman–Crippen MR) is 88.5 cm³/mol. The second-order valence-corrected chi connectivity index (χ2v) is 5.27. The number of halogens is 1. The zero-order valence-electron chi connectivity index (χ0n) is 11.8. The summed E-state index contributed by atoms with van der Waals surface area (Å²) in [6, 6.07) is 13.2. The molecule has 0 aliphatic rings. The maximum absolute atomic E-state index is 11.6. The Kier molecular flexibility index (Phi) is 5.81. The lowest BCUT2D eigenvalue weighted by Crippen LogP contribution is -2.24. The first-order chi connectivity index (χ1) is 11.1. The van der Waals surface area contributed by atoms with E-state index in [2.05, 4.69) is 26.5 Å². The number of nitro benzene ring substituents is 1. The number of rotatable bonds is 6. The highest BCUT2D eigenvalue weighted by molar-refractivity contribution is 9.10. The molecule has 0 atom stereocenters. The van der Waals surface area contributed by atoms with Crippen molar-refractivity contribution in [3.63, 3.8) is 0 Å². The zero-order chi connectivity index (χ0) is 16.7. The smallest absolute Gasteiger partial charge is 0.278 e. The van der Waals surface area contributed by atoms with Crippen molar-refractivity contribution < 1.29 is 14.5 Å². The molecule has 8 heteroatoms. The monoisotopic (exact) mass is 377 g/mol. The van der Waals surface area contributed by atoms with Gasteiger partial charge in [-0.3, -0.25) is 14.9 Å². The lowest BCUT2D eigenvalue weighted by atomic mass is 10.2. The van der Waals surface area contributed by atoms with Crippen LogP contribution < -0.4 is 10.2 Å². The van der Waals surface area contributed by atoms with E-state index in [-0.39, 0.29) is 12.3 Å². The van der Waals surface area contributed by atoms with Gasteiger partial charge in [-0.1, -0.05) is 34.1 Å². The third kappa shape index (κ3) is 5.19. The SMILES string of the molecule is O=C(COc1cccc(Br)c1)NN=Cc1ccccc1[N+](=O)[O-]. The number of nitrogens with zero attached hydrogens (tertiary/aromatic N) is 2. The third-order valence-electron chi connectivity index (χ3n) is 2.69. The average Bonchev–Trinajstić information content (AvgIpc) is 2.53. The van der Waals surface area contributed by atoms with Crippen LogP contribution in [0.25, 0.3) is 0 Å². The number of carbonyl (C=O) groups is 1. The van der Waals surface area contributed by atoms with Crippen LogP contribution in [-0.4, -0.2) is 23.7 Å². The van der Waals surface area contributed by atoms with Crippen molar-refractivity contribution in [3.8, 4) is 5.75 Å². The molecule has 0 aliphatic heterocycles. The molecule has 2 aromatic rings. The van der Waals surface area contributed by atoms with E-state index in [1.54, 1.807) is 30.3 Å². The Morgan fingerprint density at radius 1 is 1.30 bits per heavy atom. The first kappa shape index (κ1) is 16.6. The summed E-state index contributed by atoms with van der Waals surface area (Å²) in [7, 11) is 0. The fraction of sp³-hybridized carbons (Fsp3) is 0.0667. The Morgan fingerprint density at radius 2 is 2.09 bits per heavy atom. The fourth-order valence-corrected chi connectivity index (χ4v) is 2.05. The molecule has 0 fully saturated rings. The topological polar surface area (TPSA) is 93.8 Å². The third-order valence-corrected chi connectivity index (χ3v) is 3.19.